The Morgan fingerprint density at radius 2 is 1.91 bits per heavy atom. The van der Waals surface area contributed by atoms with Gasteiger partial charge in [-0.05, 0) is 112 Å². The van der Waals surface area contributed by atoms with Crippen molar-refractivity contribution in [1.82, 2.24) is 0 Å². The van der Waals surface area contributed by atoms with Gasteiger partial charge in [-0.2, -0.15) is 0 Å². The van der Waals surface area contributed by atoms with Crippen LogP contribution < -0.4 is 5.32 Å². The van der Waals surface area contributed by atoms with Crippen LogP contribution in [0.1, 0.15) is 71.6 Å². The van der Waals surface area contributed by atoms with E-state index in [2.05, 4.69) is 12.2 Å². The molecule has 176 valence electrons. The van der Waals surface area contributed by atoms with Crippen LogP contribution >= 0.6 is 0 Å². The van der Waals surface area contributed by atoms with Crippen molar-refractivity contribution >= 4 is 11.5 Å². The Hall–Kier alpha value is -1.49. The molecule has 0 saturated heterocycles. The van der Waals surface area contributed by atoms with E-state index in [-0.39, 0.29) is 41.3 Å². The van der Waals surface area contributed by atoms with Crippen molar-refractivity contribution in [2.24, 2.45) is 35.0 Å². The predicted molar refractivity (Wildman–Crippen MR) is 121 cm³/mol. The topological polar surface area (TPSA) is 49.3 Å². The van der Waals surface area contributed by atoms with Crippen LogP contribution in [0.5, 0.6) is 0 Å². The van der Waals surface area contributed by atoms with Gasteiger partial charge in [0.2, 0.25) is 0 Å². The minimum Gasteiger partial charge on any atom is -0.390 e. The highest BCUT2D eigenvalue weighted by Crippen LogP contribution is 2.66. The Morgan fingerprint density at radius 1 is 1.09 bits per heavy atom. The molecule has 4 aliphatic carbocycles. The van der Waals surface area contributed by atoms with Gasteiger partial charge >= 0.3 is 0 Å². The van der Waals surface area contributed by atoms with E-state index in [1.165, 1.54) is 12.1 Å². The number of halogens is 2. The van der Waals surface area contributed by atoms with Crippen LogP contribution in [0.4, 0.5) is 14.5 Å². The second-order valence-electron chi connectivity index (χ2n) is 11.8. The molecule has 4 aliphatic rings. The van der Waals surface area contributed by atoms with Gasteiger partial charge < -0.3 is 10.4 Å². The summed E-state index contributed by atoms with van der Waals surface area (Å²) in [5.41, 5.74) is -1.30. The molecule has 0 heterocycles. The Morgan fingerprint density at radius 3 is 2.69 bits per heavy atom. The summed E-state index contributed by atoms with van der Waals surface area (Å²) in [5.74, 6) is 0.701. The lowest BCUT2D eigenvalue weighted by Gasteiger charge is -2.59. The smallest absolute Gasteiger partial charge is 0.155 e. The van der Waals surface area contributed by atoms with Gasteiger partial charge in [-0.15, -0.1) is 0 Å². The van der Waals surface area contributed by atoms with Crippen molar-refractivity contribution in [3.05, 3.63) is 30.1 Å². The van der Waals surface area contributed by atoms with E-state index < -0.39 is 11.3 Å². The monoisotopic (exact) mass is 445 g/mol. The van der Waals surface area contributed by atoms with Gasteiger partial charge in [0, 0.05) is 11.6 Å². The molecule has 5 heteroatoms. The highest BCUT2D eigenvalue weighted by atomic mass is 19.1. The zero-order valence-electron chi connectivity index (χ0n) is 19.4. The third-order valence-corrected chi connectivity index (χ3v) is 9.99. The van der Waals surface area contributed by atoms with Crippen molar-refractivity contribution in [3.63, 3.8) is 0 Å². The fourth-order valence-electron chi connectivity index (χ4n) is 8.42. The van der Waals surface area contributed by atoms with E-state index >= 15 is 4.39 Å². The number of ketones is 1. The maximum Gasteiger partial charge on any atom is 0.155 e. The van der Waals surface area contributed by atoms with Crippen molar-refractivity contribution in [3.8, 4) is 0 Å². The van der Waals surface area contributed by atoms with E-state index in [4.69, 9.17) is 0 Å². The van der Waals surface area contributed by atoms with Gasteiger partial charge in [-0.3, -0.25) is 4.79 Å². The van der Waals surface area contributed by atoms with Gasteiger partial charge in [0.25, 0.3) is 0 Å². The number of carbonyl (C=O) groups is 1. The first-order valence-corrected chi connectivity index (χ1v) is 12.6. The molecule has 0 amide bonds. The lowest BCUT2D eigenvalue weighted by Crippen LogP contribution is -2.58. The molecule has 2 N–H and O–H groups in total. The first kappa shape index (κ1) is 22.3. The zero-order valence-corrected chi connectivity index (χ0v) is 19.4. The summed E-state index contributed by atoms with van der Waals surface area (Å²) in [7, 11) is 0. The SMILES string of the molecule is C[C@@]1(O)CC[C@@]2(F)[C@H](CC[C@H]3[C@@H]4CC[C@H](C(=O)CNc5cccc(F)c5)[C@@]4(C)CC[C@@H]32)C1. The number of fused-ring (bicyclic) bond motifs is 5. The Labute approximate surface area is 190 Å². The molecule has 1 aromatic carbocycles. The van der Waals surface area contributed by atoms with E-state index in [1.807, 2.05) is 6.92 Å². The Kier molecular flexibility index (Phi) is 5.43. The standard InChI is InChI=1S/C27H37F2NO2/c1-25(32)12-13-27(29)17(15-25)6-7-20-21-8-9-23(26(21,2)11-10-22(20)27)24(31)16-30-19-5-3-4-18(28)14-19/h3-5,14,17,20-23,30,32H,6-13,15-16H2,1-2H3/t17-,20+,21+,22+,23-,25-,26+,27-/m1/s1. The number of nitrogens with one attached hydrogen (secondary N) is 1. The van der Waals surface area contributed by atoms with Crippen LogP contribution in [0.25, 0.3) is 0 Å². The number of hydrogen-bond acceptors (Lipinski definition) is 3. The Bertz CT molecular complexity index is 888. The number of benzene rings is 1. The van der Waals surface area contributed by atoms with Crippen LogP contribution in [0.3, 0.4) is 0 Å². The molecule has 3 nitrogen and oxygen atoms in total. The molecule has 32 heavy (non-hydrogen) atoms. The van der Waals surface area contributed by atoms with Crippen molar-refractivity contribution in [1.29, 1.82) is 0 Å². The molecule has 5 rings (SSSR count). The Balaban J connectivity index is 1.29. The lowest BCUT2D eigenvalue weighted by atomic mass is 9.48. The van der Waals surface area contributed by atoms with E-state index in [9.17, 15) is 14.3 Å². The summed E-state index contributed by atoms with van der Waals surface area (Å²) in [5, 5.41) is 13.6. The molecule has 4 fully saturated rings. The summed E-state index contributed by atoms with van der Waals surface area (Å²) >= 11 is 0. The van der Waals surface area contributed by atoms with Crippen LogP contribution in [-0.2, 0) is 4.79 Å². The van der Waals surface area contributed by atoms with Crippen molar-refractivity contribution < 1.29 is 18.7 Å². The molecule has 8 atom stereocenters. The molecule has 1 aromatic rings. The molecule has 0 radical (unpaired) electrons. The minimum absolute atomic E-state index is 0.00474. The van der Waals surface area contributed by atoms with Gasteiger partial charge in [0.1, 0.15) is 11.5 Å². The first-order chi connectivity index (χ1) is 15.1. The maximum absolute atomic E-state index is 16.5. The minimum atomic E-state index is -1.15. The predicted octanol–water partition coefficient (Wildman–Crippen LogP) is 5.92. The number of Topliss-reactive ketones (excluding diaryl/α,β-unsaturated/α-hetero) is 1. The number of rotatable bonds is 4. The van der Waals surface area contributed by atoms with Crippen LogP contribution in [0.15, 0.2) is 24.3 Å². The average molecular weight is 446 g/mol. The van der Waals surface area contributed by atoms with Gasteiger partial charge in [-0.25, -0.2) is 8.78 Å². The molecule has 0 aliphatic heterocycles. The normalized spacial score (nSPS) is 45.5. The van der Waals surface area contributed by atoms with Gasteiger partial charge in [0.15, 0.2) is 5.78 Å². The van der Waals surface area contributed by atoms with E-state index in [0.29, 0.717) is 36.8 Å². The van der Waals surface area contributed by atoms with E-state index in [0.717, 1.165) is 38.5 Å². The number of carbonyl (C=O) groups excluding carboxylic acids is 1. The highest BCUT2D eigenvalue weighted by Gasteiger charge is 2.63. The summed E-state index contributed by atoms with van der Waals surface area (Å²) in [6.07, 6.45) is 7.16. The molecule has 0 aromatic heterocycles. The van der Waals surface area contributed by atoms with Gasteiger partial charge in [0.05, 0.1) is 12.1 Å². The highest BCUT2D eigenvalue weighted by molar-refractivity contribution is 5.86. The number of alkyl halides is 1. The third-order valence-electron chi connectivity index (χ3n) is 9.99. The lowest BCUT2D eigenvalue weighted by molar-refractivity contribution is -0.165. The quantitative estimate of drug-likeness (QED) is 0.605. The summed E-state index contributed by atoms with van der Waals surface area (Å²) < 4.78 is 29.9. The number of anilines is 1. The zero-order chi connectivity index (χ0) is 22.7. The van der Waals surface area contributed by atoms with Crippen molar-refractivity contribution in [2.75, 3.05) is 11.9 Å². The summed E-state index contributed by atoms with van der Waals surface area (Å²) in [6.45, 7) is 4.35. The van der Waals surface area contributed by atoms with Crippen LogP contribution in [-0.4, -0.2) is 28.7 Å². The average Bonchev–Trinajstić information content (AvgIpc) is 3.10. The second kappa shape index (κ2) is 7.78. The molecule has 0 spiro atoms. The second-order valence-corrected chi connectivity index (χ2v) is 11.8. The van der Waals surface area contributed by atoms with Crippen LogP contribution in [0.2, 0.25) is 0 Å². The largest absolute Gasteiger partial charge is 0.390 e. The fourth-order valence-corrected chi connectivity index (χ4v) is 8.42. The third kappa shape index (κ3) is 3.59. The van der Waals surface area contributed by atoms with Gasteiger partial charge in [-0.1, -0.05) is 13.0 Å². The van der Waals surface area contributed by atoms with Crippen LogP contribution in [0, 0.1) is 40.8 Å². The molecular weight excluding hydrogens is 408 g/mol. The molecular formula is C27H37F2NO2. The summed E-state index contributed by atoms with van der Waals surface area (Å²) in [6, 6.07) is 6.23. The molecule has 0 unspecified atom stereocenters. The number of hydrogen-bond donors (Lipinski definition) is 2. The first-order valence-electron chi connectivity index (χ1n) is 12.6. The summed E-state index contributed by atoms with van der Waals surface area (Å²) in [4.78, 5) is 13.2. The van der Waals surface area contributed by atoms with Crippen molar-refractivity contribution in [2.45, 2.75) is 82.9 Å². The number of aliphatic hydroxyl groups is 1. The fraction of sp³-hybridized carbons (Fsp3) is 0.741. The molecule has 0 bridgehead atoms. The maximum atomic E-state index is 16.5. The van der Waals surface area contributed by atoms with E-state index in [1.54, 1.807) is 12.1 Å². The molecule has 4 saturated carbocycles.